The molecule has 1 atom stereocenters. The van der Waals surface area contributed by atoms with Crippen LogP contribution >= 0.6 is 11.8 Å². The van der Waals surface area contributed by atoms with E-state index in [9.17, 15) is 0 Å². The van der Waals surface area contributed by atoms with Gasteiger partial charge in [-0.2, -0.15) is 5.10 Å². The molecule has 1 aromatic carbocycles. The lowest BCUT2D eigenvalue weighted by molar-refractivity contribution is 0.555. The highest BCUT2D eigenvalue weighted by Crippen LogP contribution is 2.23. The molecular formula is C15H21N3S. The highest BCUT2D eigenvalue weighted by atomic mass is 32.2. The van der Waals surface area contributed by atoms with E-state index < -0.39 is 0 Å². The van der Waals surface area contributed by atoms with Crippen LogP contribution in [0.15, 0.2) is 47.5 Å². The van der Waals surface area contributed by atoms with Gasteiger partial charge in [-0.05, 0) is 31.2 Å². The van der Waals surface area contributed by atoms with Gasteiger partial charge in [-0.15, -0.1) is 11.8 Å². The van der Waals surface area contributed by atoms with Crippen molar-refractivity contribution in [2.45, 2.75) is 24.3 Å². The van der Waals surface area contributed by atoms with Gasteiger partial charge < -0.3 is 5.32 Å². The highest BCUT2D eigenvalue weighted by Gasteiger charge is 2.13. The van der Waals surface area contributed by atoms with Crippen LogP contribution in [0.2, 0.25) is 0 Å². The minimum absolute atomic E-state index is 0.311. The van der Waals surface area contributed by atoms with Crippen molar-refractivity contribution in [3.05, 3.63) is 48.3 Å². The average Bonchev–Trinajstić information content (AvgIpc) is 2.86. The molecule has 4 heteroatoms. The quantitative estimate of drug-likeness (QED) is 0.787. The maximum absolute atomic E-state index is 4.52. The molecule has 3 nitrogen and oxygen atoms in total. The molecular weight excluding hydrogens is 254 g/mol. The monoisotopic (exact) mass is 275 g/mol. The molecule has 102 valence electrons. The third kappa shape index (κ3) is 4.40. The van der Waals surface area contributed by atoms with Gasteiger partial charge >= 0.3 is 0 Å². The fourth-order valence-corrected chi connectivity index (χ4v) is 2.88. The van der Waals surface area contributed by atoms with Gasteiger partial charge in [0.15, 0.2) is 0 Å². The van der Waals surface area contributed by atoms with Crippen LogP contribution in [-0.4, -0.2) is 22.1 Å². The van der Waals surface area contributed by atoms with Gasteiger partial charge in [-0.1, -0.05) is 25.1 Å². The largest absolute Gasteiger partial charge is 0.308 e. The van der Waals surface area contributed by atoms with E-state index in [1.54, 1.807) is 0 Å². The zero-order valence-electron chi connectivity index (χ0n) is 11.5. The van der Waals surface area contributed by atoms with Crippen molar-refractivity contribution < 1.29 is 0 Å². The Morgan fingerprint density at radius 2 is 2.05 bits per heavy atom. The first kappa shape index (κ1) is 14.2. The van der Waals surface area contributed by atoms with E-state index in [2.05, 4.69) is 53.7 Å². The van der Waals surface area contributed by atoms with Gasteiger partial charge in [0.25, 0.3) is 0 Å². The highest BCUT2D eigenvalue weighted by molar-refractivity contribution is 7.99. The third-order valence-electron chi connectivity index (χ3n) is 2.89. The van der Waals surface area contributed by atoms with E-state index >= 15 is 0 Å². The number of nitrogens with zero attached hydrogens (tertiary/aromatic N) is 2. The molecule has 0 saturated heterocycles. The summed E-state index contributed by atoms with van der Waals surface area (Å²) in [5.74, 6) is 1.00. The van der Waals surface area contributed by atoms with Gasteiger partial charge in [0.05, 0.1) is 11.7 Å². The summed E-state index contributed by atoms with van der Waals surface area (Å²) >= 11 is 1.87. The number of hydrogen-bond acceptors (Lipinski definition) is 3. The molecule has 0 aliphatic carbocycles. The van der Waals surface area contributed by atoms with Crippen LogP contribution in [-0.2, 0) is 7.05 Å². The van der Waals surface area contributed by atoms with Crippen molar-refractivity contribution in [2.24, 2.45) is 7.05 Å². The predicted octanol–water partition coefficient (Wildman–Crippen LogP) is 3.25. The molecule has 0 amide bonds. The molecule has 1 unspecified atom stereocenters. The molecule has 0 spiro atoms. The molecule has 1 N–H and O–H groups in total. The van der Waals surface area contributed by atoms with Crippen molar-refractivity contribution in [1.82, 2.24) is 15.1 Å². The number of benzene rings is 1. The SMILES string of the molecule is CCCNC(CSc1ccccc1)c1ccn(C)n1. The van der Waals surface area contributed by atoms with Crippen molar-refractivity contribution in [3.63, 3.8) is 0 Å². The molecule has 0 aliphatic heterocycles. The summed E-state index contributed by atoms with van der Waals surface area (Å²) in [6, 6.07) is 12.9. The minimum Gasteiger partial charge on any atom is -0.308 e. The number of rotatable bonds is 7. The first-order valence-electron chi connectivity index (χ1n) is 6.70. The minimum atomic E-state index is 0.311. The molecule has 2 aromatic rings. The van der Waals surface area contributed by atoms with Crippen molar-refractivity contribution in [1.29, 1.82) is 0 Å². The van der Waals surface area contributed by atoms with Crippen molar-refractivity contribution >= 4 is 11.8 Å². The third-order valence-corrected chi connectivity index (χ3v) is 4.00. The van der Waals surface area contributed by atoms with E-state index in [4.69, 9.17) is 0 Å². The Bertz CT molecular complexity index is 481. The Kier molecular flexibility index (Phi) is 5.48. The second kappa shape index (κ2) is 7.36. The Hall–Kier alpha value is -1.26. The van der Waals surface area contributed by atoms with Crippen LogP contribution in [0.3, 0.4) is 0 Å². The summed E-state index contributed by atoms with van der Waals surface area (Å²) in [4.78, 5) is 1.31. The van der Waals surface area contributed by atoms with E-state index in [1.165, 1.54) is 4.90 Å². The number of hydrogen-bond donors (Lipinski definition) is 1. The predicted molar refractivity (Wildman–Crippen MR) is 81.4 cm³/mol. The second-order valence-electron chi connectivity index (χ2n) is 4.55. The summed E-state index contributed by atoms with van der Waals surface area (Å²) < 4.78 is 1.86. The summed E-state index contributed by atoms with van der Waals surface area (Å²) in [6.45, 7) is 3.21. The first-order valence-corrected chi connectivity index (χ1v) is 7.69. The number of aryl methyl sites for hydroxylation is 1. The zero-order chi connectivity index (χ0) is 13.5. The summed E-state index contributed by atoms with van der Waals surface area (Å²) in [6.07, 6.45) is 3.14. The maximum Gasteiger partial charge on any atom is 0.0802 e. The molecule has 0 bridgehead atoms. The number of thioether (sulfide) groups is 1. The summed E-state index contributed by atoms with van der Waals surface area (Å²) in [5, 5.41) is 8.09. The lowest BCUT2D eigenvalue weighted by Crippen LogP contribution is -2.24. The van der Waals surface area contributed by atoms with E-state index in [-0.39, 0.29) is 0 Å². The van der Waals surface area contributed by atoms with Gasteiger partial charge in [0.2, 0.25) is 0 Å². The van der Waals surface area contributed by atoms with Crippen LogP contribution in [0.1, 0.15) is 25.1 Å². The van der Waals surface area contributed by atoms with E-state index in [0.29, 0.717) is 6.04 Å². The lowest BCUT2D eigenvalue weighted by atomic mass is 10.2. The van der Waals surface area contributed by atoms with E-state index in [1.807, 2.05) is 29.7 Å². The van der Waals surface area contributed by atoms with Crippen LogP contribution in [0.25, 0.3) is 0 Å². The van der Waals surface area contributed by atoms with Crippen LogP contribution in [0.4, 0.5) is 0 Å². The normalized spacial score (nSPS) is 12.5. The van der Waals surface area contributed by atoms with Gasteiger partial charge in [-0.3, -0.25) is 4.68 Å². The summed E-state index contributed by atoms with van der Waals surface area (Å²) in [7, 11) is 1.96. The standard InChI is InChI=1S/C15H21N3S/c1-3-10-16-15(14-9-11-18(2)17-14)12-19-13-7-5-4-6-8-13/h4-9,11,15-16H,3,10,12H2,1-2H3. The molecule has 0 radical (unpaired) electrons. The second-order valence-corrected chi connectivity index (χ2v) is 5.64. The Morgan fingerprint density at radius 1 is 1.26 bits per heavy atom. The Labute approximate surface area is 119 Å². The topological polar surface area (TPSA) is 29.9 Å². The zero-order valence-corrected chi connectivity index (χ0v) is 12.4. The van der Waals surface area contributed by atoms with Crippen LogP contribution in [0, 0.1) is 0 Å². The number of aromatic nitrogens is 2. The Balaban J connectivity index is 1.98. The van der Waals surface area contributed by atoms with Gasteiger partial charge in [0.1, 0.15) is 0 Å². The lowest BCUT2D eigenvalue weighted by Gasteiger charge is -2.16. The average molecular weight is 275 g/mol. The van der Waals surface area contributed by atoms with Gasteiger partial charge in [0, 0.05) is 23.9 Å². The molecule has 19 heavy (non-hydrogen) atoms. The number of nitrogens with one attached hydrogen (secondary N) is 1. The fourth-order valence-electron chi connectivity index (χ4n) is 1.88. The molecule has 0 saturated carbocycles. The van der Waals surface area contributed by atoms with E-state index in [0.717, 1.165) is 24.4 Å². The molecule has 1 aromatic heterocycles. The summed E-state index contributed by atoms with van der Waals surface area (Å²) in [5.41, 5.74) is 1.12. The van der Waals surface area contributed by atoms with Crippen molar-refractivity contribution in [3.8, 4) is 0 Å². The Morgan fingerprint density at radius 3 is 2.68 bits per heavy atom. The van der Waals surface area contributed by atoms with Gasteiger partial charge in [-0.25, -0.2) is 0 Å². The molecule has 0 aliphatic rings. The molecule has 0 fully saturated rings. The maximum atomic E-state index is 4.52. The molecule has 2 rings (SSSR count). The van der Waals surface area contributed by atoms with Crippen molar-refractivity contribution in [2.75, 3.05) is 12.3 Å². The first-order chi connectivity index (χ1) is 9.29. The smallest absolute Gasteiger partial charge is 0.0802 e. The fraction of sp³-hybridized carbons (Fsp3) is 0.400. The van der Waals surface area contributed by atoms with Crippen LogP contribution < -0.4 is 5.32 Å². The van der Waals surface area contributed by atoms with Crippen LogP contribution in [0.5, 0.6) is 0 Å². The molecule has 1 heterocycles.